The number of anilines is 2. The number of alkyl halides is 1. The third-order valence-electron chi connectivity index (χ3n) is 4.99. The van der Waals surface area contributed by atoms with Crippen molar-refractivity contribution in [2.45, 2.75) is 10.9 Å². The molecule has 0 saturated carbocycles. The summed E-state index contributed by atoms with van der Waals surface area (Å²) in [6.45, 7) is 1.18. The maximum Gasteiger partial charge on any atom is 0.191 e. The molecule has 0 fully saturated rings. The van der Waals surface area contributed by atoms with Gasteiger partial charge in [-0.1, -0.05) is 54.2 Å². The highest BCUT2D eigenvalue weighted by atomic mass is 32.2. The molecule has 0 aliphatic carbocycles. The Hall–Kier alpha value is -3.25. The summed E-state index contributed by atoms with van der Waals surface area (Å²) in [5, 5.41) is 1.40. The van der Waals surface area contributed by atoms with E-state index in [0.717, 1.165) is 32.5 Å². The highest BCUT2D eigenvalue weighted by Gasteiger charge is 2.16. The van der Waals surface area contributed by atoms with Gasteiger partial charge in [0, 0.05) is 17.4 Å². The standard InChI is InChI=1S/C26H28FN5O3S2/c27-9-10-33-11-12-34-13-14-35-20-8-4-7-19(15-20)25-30-21(24(37-25)18-5-2-1-3-6-18)17-36-26-31-22(28)16-23(29)32-26/h1-8,15-16H,9-14,17H2,(H4,28,29,31,32). The van der Waals surface area contributed by atoms with Crippen LogP contribution in [0.15, 0.2) is 65.8 Å². The van der Waals surface area contributed by atoms with Crippen molar-refractivity contribution in [2.24, 2.45) is 0 Å². The van der Waals surface area contributed by atoms with Crippen molar-refractivity contribution in [2.75, 3.05) is 51.2 Å². The fourth-order valence-corrected chi connectivity index (χ4v) is 5.35. The van der Waals surface area contributed by atoms with E-state index in [0.29, 0.717) is 49.0 Å². The molecule has 0 saturated heterocycles. The van der Waals surface area contributed by atoms with E-state index in [1.54, 1.807) is 11.3 Å². The molecule has 11 heteroatoms. The molecule has 0 radical (unpaired) electrons. The summed E-state index contributed by atoms with van der Waals surface area (Å²) in [7, 11) is 0. The number of halogens is 1. The molecule has 0 bridgehead atoms. The van der Waals surface area contributed by atoms with E-state index < -0.39 is 6.67 Å². The fraction of sp³-hybridized carbons (Fsp3) is 0.269. The van der Waals surface area contributed by atoms with Crippen LogP contribution in [0.25, 0.3) is 21.0 Å². The van der Waals surface area contributed by atoms with E-state index in [2.05, 4.69) is 22.1 Å². The minimum atomic E-state index is -0.489. The zero-order valence-electron chi connectivity index (χ0n) is 20.1. The minimum Gasteiger partial charge on any atom is -0.491 e. The van der Waals surface area contributed by atoms with Gasteiger partial charge in [-0.2, -0.15) is 0 Å². The van der Waals surface area contributed by atoms with Crippen LogP contribution >= 0.6 is 23.1 Å². The first kappa shape index (κ1) is 26.8. The molecule has 4 N–H and O–H groups in total. The molecule has 2 aromatic heterocycles. The molecular weight excluding hydrogens is 513 g/mol. The maximum absolute atomic E-state index is 12.0. The molecule has 0 atom stereocenters. The van der Waals surface area contributed by atoms with Crippen LogP contribution in [0, 0.1) is 0 Å². The zero-order chi connectivity index (χ0) is 25.9. The quantitative estimate of drug-likeness (QED) is 0.128. The molecule has 0 spiro atoms. The van der Waals surface area contributed by atoms with Gasteiger partial charge in [-0.15, -0.1) is 11.3 Å². The van der Waals surface area contributed by atoms with E-state index >= 15 is 0 Å². The van der Waals surface area contributed by atoms with Gasteiger partial charge in [-0.05, 0) is 17.7 Å². The van der Waals surface area contributed by atoms with Gasteiger partial charge >= 0.3 is 0 Å². The second kappa shape index (κ2) is 13.9. The number of ether oxygens (including phenoxy) is 3. The zero-order valence-corrected chi connectivity index (χ0v) is 21.8. The summed E-state index contributed by atoms with van der Waals surface area (Å²) in [5.74, 6) is 1.96. The van der Waals surface area contributed by atoms with Gasteiger partial charge < -0.3 is 25.7 Å². The number of thioether (sulfide) groups is 1. The highest BCUT2D eigenvalue weighted by molar-refractivity contribution is 7.98. The normalized spacial score (nSPS) is 11.1. The summed E-state index contributed by atoms with van der Waals surface area (Å²) in [6.07, 6.45) is 0. The number of benzene rings is 2. The van der Waals surface area contributed by atoms with Crippen LogP contribution in [0.3, 0.4) is 0 Å². The molecule has 37 heavy (non-hydrogen) atoms. The number of nitrogen functional groups attached to an aromatic ring is 2. The van der Waals surface area contributed by atoms with Crippen molar-refractivity contribution < 1.29 is 18.6 Å². The molecule has 0 aliphatic rings. The van der Waals surface area contributed by atoms with Gasteiger partial charge in [0.1, 0.15) is 35.7 Å². The second-order valence-corrected chi connectivity index (χ2v) is 9.68. The second-order valence-electron chi connectivity index (χ2n) is 7.74. The van der Waals surface area contributed by atoms with Crippen LogP contribution < -0.4 is 16.2 Å². The third kappa shape index (κ3) is 8.12. The van der Waals surface area contributed by atoms with Gasteiger partial charge in [0.15, 0.2) is 5.16 Å². The molecule has 0 aliphatic heterocycles. The van der Waals surface area contributed by atoms with Crippen LogP contribution in [-0.4, -0.2) is 54.7 Å². The number of rotatable bonds is 14. The summed E-state index contributed by atoms with van der Waals surface area (Å²) < 4.78 is 28.4. The Morgan fingerprint density at radius 1 is 0.784 bits per heavy atom. The van der Waals surface area contributed by atoms with Crippen molar-refractivity contribution in [3.05, 3.63) is 66.4 Å². The number of thiazole rings is 1. The van der Waals surface area contributed by atoms with Gasteiger partial charge in [0.2, 0.25) is 0 Å². The van der Waals surface area contributed by atoms with E-state index in [9.17, 15) is 4.39 Å². The van der Waals surface area contributed by atoms with Gasteiger partial charge in [-0.3, -0.25) is 0 Å². The van der Waals surface area contributed by atoms with Gasteiger partial charge in [0.05, 0.1) is 37.0 Å². The van der Waals surface area contributed by atoms with Gasteiger partial charge in [-0.25, -0.2) is 19.3 Å². The monoisotopic (exact) mass is 541 g/mol. The SMILES string of the molecule is Nc1cc(N)nc(SCc2nc(-c3cccc(OCCOCCOCCF)c3)sc2-c2ccccc2)n1. The number of aromatic nitrogens is 3. The van der Waals surface area contributed by atoms with Gasteiger partial charge in [0.25, 0.3) is 0 Å². The third-order valence-corrected chi connectivity index (χ3v) is 7.04. The predicted octanol–water partition coefficient (Wildman–Crippen LogP) is 5.11. The Morgan fingerprint density at radius 3 is 2.24 bits per heavy atom. The summed E-state index contributed by atoms with van der Waals surface area (Å²) >= 11 is 3.06. The lowest BCUT2D eigenvalue weighted by atomic mass is 10.2. The first-order chi connectivity index (χ1) is 18.1. The minimum absolute atomic E-state index is 0.0963. The number of nitrogens with zero attached hydrogens (tertiary/aromatic N) is 3. The van der Waals surface area contributed by atoms with E-state index in [1.807, 2.05) is 42.5 Å². The maximum atomic E-state index is 12.0. The summed E-state index contributed by atoms with van der Waals surface area (Å²) in [6, 6.07) is 19.5. The molecule has 0 amide bonds. The number of nitrogens with two attached hydrogens (primary N) is 2. The number of hydrogen-bond acceptors (Lipinski definition) is 10. The first-order valence-corrected chi connectivity index (χ1v) is 13.4. The van der Waals surface area contributed by atoms with E-state index in [4.69, 9.17) is 30.7 Å². The molecule has 2 heterocycles. The van der Waals surface area contributed by atoms with Crippen molar-refractivity contribution in [3.63, 3.8) is 0 Å². The lowest BCUT2D eigenvalue weighted by Gasteiger charge is -2.08. The molecular formula is C26H28FN5O3S2. The van der Waals surface area contributed by atoms with Crippen molar-refractivity contribution in [1.82, 2.24) is 15.0 Å². The fourth-order valence-electron chi connectivity index (χ4n) is 3.36. The van der Waals surface area contributed by atoms with Crippen molar-refractivity contribution in [3.8, 4) is 26.8 Å². The Bertz CT molecular complexity index is 1260. The van der Waals surface area contributed by atoms with E-state index in [-0.39, 0.29) is 6.61 Å². The Labute approximate surface area is 223 Å². The van der Waals surface area contributed by atoms with Crippen LogP contribution in [0.2, 0.25) is 0 Å². The van der Waals surface area contributed by atoms with E-state index in [1.165, 1.54) is 17.8 Å². The average Bonchev–Trinajstić information content (AvgIpc) is 3.34. The molecule has 4 rings (SSSR count). The lowest BCUT2D eigenvalue weighted by Crippen LogP contribution is -2.11. The predicted molar refractivity (Wildman–Crippen MR) is 147 cm³/mol. The van der Waals surface area contributed by atoms with Crippen LogP contribution in [0.4, 0.5) is 16.0 Å². The number of hydrogen-bond donors (Lipinski definition) is 2. The molecule has 0 unspecified atom stereocenters. The Kier molecular flexibility index (Phi) is 10.1. The van der Waals surface area contributed by atoms with Crippen molar-refractivity contribution in [1.29, 1.82) is 0 Å². The van der Waals surface area contributed by atoms with Crippen LogP contribution in [0.5, 0.6) is 5.75 Å². The molecule has 2 aromatic carbocycles. The highest BCUT2D eigenvalue weighted by Crippen LogP contribution is 2.38. The summed E-state index contributed by atoms with van der Waals surface area (Å²) in [4.78, 5) is 14.6. The molecule has 194 valence electrons. The molecule has 4 aromatic rings. The van der Waals surface area contributed by atoms with Crippen LogP contribution in [-0.2, 0) is 15.2 Å². The van der Waals surface area contributed by atoms with Crippen LogP contribution in [0.1, 0.15) is 5.69 Å². The van der Waals surface area contributed by atoms with Crippen molar-refractivity contribution >= 4 is 34.7 Å². The summed E-state index contributed by atoms with van der Waals surface area (Å²) in [5.41, 5.74) is 14.6. The lowest BCUT2D eigenvalue weighted by molar-refractivity contribution is 0.0325. The largest absolute Gasteiger partial charge is 0.491 e. The topological polar surface area (TPSA) is 118 Å². The smallest absolute Gasteiger partial charge is 0.191 e. The Balaban J connectivity index is 1.45. The average molecular weight is 542 g/mol. The first-order valence-electron chi connectivity index (χ1n) is 11.6. The molecule has 8 nitrogen and oxygen atoms in total. The Morgan fingerprint density at radius 2 is 1.49 bits per heavy atom.